The third-order valence-electron chi connectivity index (χ3n) is 3.74. The van der Waals surface area contributed by atoms with Gasteiger partial charge in [0.25, 0.3) is 0 Å². The van der Waals surface area contributed by atoms with Gasteiger partial charge in [-0.15, -0.1) is 0 Å². The van der Waals surface area contributed by atoms with Crippen LogP contribution in [-0.4, -0.2) is 19.2 Å². The predicted molar refractivity (Wildman–Crippen MR) is 76.1 cm³/mol. The van der Waals surface area contributed by atoms with Crippen molar-refractivity contribution in [3.63, 3.8) is 0 Å². The van der Waals surface area contributed by atoms with Gasteiger partial charge in [0.05, 0.1) is 6.10 Å². The first-order chi connectivity index (χ1) is 8.57. The average Bonchev–Trinajstić information content (AvgIpc) is 2.31. The van der Waals surface area contributed by atoms with Crippen LogP contribution in [0.3, 0.4) is 0 Å². The lowest BCUT2D eigenvalue weighted by molar-refractivity contribution is 0.227. The van der Waals surface area contributed by atoms with Gasteiger partial charge in [-0.2, -0.15) is 0 Å². The molecule has 0 unspecified atom stereocenters. The van der Waals surface area contributed by atoms with Crippen molar-refractivity contribution in [1.82, 2.24) is 5.32 Å². The molecule has 0 bridgehead atoms. The molecule has 0 radical (unpaired) electrons. The minimum atomic E-state index is 0.248. The highest BCUT2D eigenvalue weighted by Crippen LogP contribution is 2.32. The Morgan fingerprint density at radius 2 is 1.78 bits per heavy atom. The third kappa shape index (κ3) is 3.74. The summed E-state index contributed by atoms with van der Waals surface area (Å²) in [4.78, 5) is 0. The number of rotatable bonds is 4. The van der Waals surface area contributed by atoms with E-state index in [1.807, 2.05) is 0 Å². The lowest BCUT2D eigenvalue weighted by Crippen LogP contribution is -2.36. The van der Waals surface area contributed by atoms with Crippen molar-refractivity contribution >= 4 is 0 Å². The molecule has 1 N–H and O–H groups in total. The van der Waals surface area contributed by atoms with Gasteiger partial charge in [0.2, 0.25) is 0 Å². The van der Waals surface area contributed by atoms with Crippen molar-refractivity contribution in [2.45, 2.75) is 46.1 Å². The second-order valence-corrected chi connectivity index (χ2v) is 6.05. The van der Waals surface area contributed by atoms with Crippen LogP contribution in [0.4, 0.5) is 0 Å². The van der Waals surface area contributed by atoms with Crippen molar-refractivity contribution in [3.8, 4) is 5.75 Å². The summed E-state index contributed by atoms with van der Waals surface area (Å²) in [7, 11) is 0. The summed E-state index contributed by atoms with van der Waals surface area (Å²) in [6, 6.07) is 8.62. The quantitative estimate of drug-likeness (QED) is 0.880. The number of hydrogen-bond donors (Lipinski definition) is 1. The summed E-state index contributed by atoms with van der Waals surface area (Å²) in [5, 5.41) is 3.44. The van der Waals surface area contributed by atoms with Crippen LogP contribution in [0.25, 0.3) is 0 Å². The van der Waals surface area contributed by atoms with Gasteiger partial charge in [0.15, 0.2) is 0 Å². The van der Waals surface area contributed by atoms with Gasteiger partial charge in [0, 0.05) is 0 Å². The van der Waals surface area contributed by atoms with Gasteiger partial charge in [-0.1, -0.05) is 19.1 Å². The molecule has 1 aromatic rings. The Morgan fingerprint density at radius 3 is 2.33 bits per heavy atom. The number of hydrogen-bond acceptors (Lipinski definition) is 2. The summed E-state index contributed by atoms with van der Waals surface area (Å²) in [6.07, 6.45) is 3.98. The van der Waals surface area contributed by atoms with Crippen LogP contribution in [0.15, 0.2) is 24.3 Å². The van der Waals surface area contributed by atoms with Crippen LogP contribution in [0, 0.1) is 5.41 Å². The Hall–Kier alpha value is -1.02. The van der Waals surface area contributed by atoms with E-state index in [-0.39, 0.29) is 6.10 Å². The molecule has 1 fully saturated rings. The second-order valence-electron chi connectivity index (χ2n) is 6.05. The van der Waals surface area contributed by atoms with Gasteiger partial charge in [0.1, 0.15) is 5.75 Å². The number of piperidine rings is 1. The van der Waals surface area contributed by atoms with Crippen molar-refractivity contribution in [2.75, 3.05) is 13.1 Å². The number of benzene rings is 1. The second kappa shape index (κ2) is 5.75. The number of nitrogens with one attached hydrogen (secondary N) is 1. The van der Waals surface area contributed by atoms with E-state index in [9.17, 15) is 0 Å². The van der Waals surface area contributed by atoms with Gasteiger partial charge in [-0.05, 0) is 69.3 Å². The van der Waals surface area contributed by atoms with Crippen LogP contribution in [0.2, 0.25) is 0 Å². The summed E-state index contributed by atoms with van der Waals surface area (Å²) < 4.78 is 5.67. The maximum atomic E-state index is 5.67. The van der Waals surface area contributed by atoms with Gasteiger partial charge in [-0.3, -0.25) is 0 Å². The van der Waals surface area contributed by atoms with Crippen molar-refractivity contribution in [1.29, 1.82) is 0 Å². The fraction of sp³-hybridized carbons (Fsp3) is 0.625. The molecule has 0 aromatic heterocycles. The minimum absolute atomic E-state index is 0.248. The minimum Gasteiger partial charge on any atom is -0.491 e. The first kappa shape index (κ1) is 13.4. The zero-order valence-corrected chi connectivity index (χ0v) is 11.8. The van der Waals surface area contributed by atoms with E-state index < -0.39 is 0 Å². The van der Waals surface area contributed by atoms with Crippen LogP contribution >= 0.6 is 0 Å². The molecule has 1 heterocycles. The molecule has 0 aliphatic carbocycles. The van der Waals surface area contributed by atoms with E-state index in [0.29, 0.717) is 5.41 Å². The molecule has 0 amide bonds. The van der Waals surface area contributed by atoms with Gasteiger partial charge >= 0.3 is 0 Å². The first-order valence-corrected chi connectivity index (χ1v) is 7.04. The molecular formula is C16H25NO. The first-order valence-electron chi connectivity index (χ1n) is 7.04. The molecule has 100 valence electrons. The molecule has 2 heteroatoms. The standard InChI is InChI=1S/C16H25NO/c1-13(2)18-15-6-4-14(5-7-15)12-16(3)8-10-17-11-9-16/h4-7,13,17H,8-12H2,1-3H3. The molecular weight excluding hydrogens is 222 g/mol. The smallest absolute Gasteiger partial charge is 0.119 e. The van der Waals surface area contributed by atoms with E-state index in [0.717, 1.165) is 18.8 Å². The third-order valence-corrected chi connectivity index (χ3v) is 3.74. The Morgan fingerprint density at radius 1 is 1.17 bits per heavy atom. The molecule has 2 nitrogen and oxygen atoms in total. The molecule has 1 aliphatic heterocycles. The van der Waals surface area contributed by atoms with Gasteiger partial charge in [-0.25, -0.2) is 0 Å². The van der Waals surface area contributed by atoms with Crippen molar-refractivity contribution in [2.24, 2.45) is 5.41 Å². The molecule has 1 aromatic carbocycles. The van der Waals surface area contributed by atoms with E-state index in [1.165, 1.54) is 24.8 Å². The maximum Gasteiger partial charge on any atom is 0.119 e. The highest BCUT2D eigenvalue weighted by Gasteiger charge is 2.26. The molecule has 2 rings (SSSR count). The molecule has 0 saturated carbocycles. The van der Waals surface area contributed by atoms with E-state index >= 15 is 0 Å². The zero-order valence-electron chi connectivity index (χ0n) is 11.8. The average molecular weight is 247 g/mol. The number of ether oxygens (including phenoxy) is 1. The highest BCUT2D eigenvalue weighted by atomic mass is 16.5. The highest BCUT2D eigenvalue weighted by molar-refractivity contribution is 5.28. The van der Waals surface area contributed by atoms with Crippen LogP contribution in [0.5, 0.6) is 5.75 Å². The Balaban J connectivity index is 1.97. The van der Waals surface area contributed by atoms with Crippen LogP contribution in [-0.2, 0) is 6.42 Å². The maximum absolute atomic E-state index is 5.67. The lowest BCUT2D eigenvalue weighted by Gasteiger charge is -2.34. The summed E-state index contributed by atoms with van der Waals surface area (Å²) in [6.45, 7) is 8.84. The van der Waals surface area contributed by atoms with E-state index in [2.05, 4.69) is 50.4 Å². The Labute approximate surface area is 111 Å². The SMILES string of the molecule is CC(C)Oc1ccc(CC2(C)CCNCC2)cc1. The van der Waals surface area contributed by atoms with Crippen LogP contribution in [0.1, 0.15) is 39.2 Å². The van der Waals surface area contributed by atoms with Gasteiger partial charge < -0.3 is 10.1 Å². The van der Waals surface area contributed by atoms with Crippen LogP contribution < -0.4 is 10.1 Å². The monoisotopic (exact) mass is 247 g/mol. The largest absolute Gasteiger partial charge is 0.491 e. The normalized spacial score (nSPS) is 18.9. The van der Waals surface area contributed by atoms with E-state index in [4.69, 9.17) is 4.74 Å². The fourth-order valence-electron chi connectivity index (χ4n) is 2.66. The molecule has 18 heavy (non-hydrogen) atoms. The topological polar surface area (TPSA) is 21.3 Å². The fourth-order valence-corrected chi connectivity index (χ4v) is 2.66. The Bertz CT molecular complexity index is 363. The molecule has 1 aliphatic rings. The Kier molecular flexibility index (Phi) is 4.28. The summed E-state index contributed by atoms with van der Waals surface area (Å²) in [5.74, 6) is 0.976. The van der Waals surface area contributed by atoms with Crippen molar-refractivity contribution in [3.05, 3.63) is 29.8 Å². The molecule has 0 atom stereocenters. The van der Waals surface area contributed by atoms with Crippen molar-refractivity contribution < 1.29 is 4.74 Å². The summed E-state index contributed by atoms with van der Waals surface area (Å²) >= 11 is 0. The zero-order chi connectivity index (χ0) is 13.0. The predicted octanol–water partition coefficient (Wildman–Crippen LogP) is 3.41. The van der Waals surface area contributed by atoms with E-state index in [1.54, 1.807) is 0 Å². The lowest BCUT2D eigenvalue weighted by atomic mass is 9.76. The summed E-state index contributed by atoms with van der Waals surface area (Å²) in [5.41, 5.74) is 1.89. The molecule has 0 spiro atoms. The molecule has 1 saturated heterocycles.